The van der Waals surface area contributed by atoms with Gasteiger partial charge in [0.2, 0.25) is 0 Å². The largest absolute Gasteiger partial charge is 0.357 e. The van der Waals surface area contributed by atoms with Gasteiger partial charge in [-0.25, -0.2) is 4.99 Å². The molecule has 0 spiro atoms. The Morgan fingerprint density at radius 1 is 1.54 bits per heavy atom. The summed E-state index contributed by atoms with van der Waals surface area (Å²) in [7, 11) is 0. The van der Waals surface area contributed by atoms with Gasteiger partial charge in [-0.3, -0.25) is 0 Å². The summed E-state index contributed by atoms with van der Waals surface area (Å²) >= 11 is 5.88. The summed E-state index contributed by atoms with van der Waals surface area (Å²) in [6.07, 6.45) is 6.58. The summed E-state index contributed by atoms with van der Waals surface area (Å²) in [5, 5.41) is 4.11. The predicted octanol–water partition coefficient (Wildman–Crippen LogP) is 0.306. The molecule has 4 heteroatoms. The second-order valence-corrected chi connectivity index (χ2v) is 3.92. The Kier molecular flexibility index (Phi) is 1.44. The molecule has 68 valence electrons. The number of alkyl halides is 1. The molecule has 0 bridgehead atoms. The van der Waals surface area contributed by atoms with Crippen LogP contribution >= 0.6 is 11.6 Å². The van der Waals surface area contributed by atoms with E-state index >= 15 is 0 Å². The van der Waals surface area contributed by atoms with Crippen LogP contribution in [0.25, 0.3) is 6.20 Å². The topological polar surface area (TPSA) is 29.3 Å². The van der Waals surface area contributed by atoms with Crippen LogP contribution in [0.5, 0.6) is 0 Å². The Hall–Kier alpha value is -0.960. The Morgan fingerprint density at radius 3 is 3.15 bits per heavy atom. The molecule has 0 amide bonds. The lowest BCUT2D eigenvalue weighted by Crippen LogP contribution is -2.38. The van der Waals surface area contributed by atoms with E-state index in [0.717, 1.165) is 10.7 Å². The Morgan fingerprint density at radius 2 is 2.38 bits per heavy atom. The van der Waals surface area contributed by atoms with E-state index in [9.17, 15) is 0 Å². The van der Waals surface area contributed by atoms with E-state index in [-0.39, 0.29) is 5.62 Å². The molecule has 13 heavy (non-hydrogen) atoms. The normalized spacial score (nSPS) is 25.5. The fourth-order valence-electron chi connectivity index (χ4n) is 1.66. The monoisotopic (exact) mass is 195 g/mol. The molecule has 1 saturated carbocycles. The average Bonchev–Trinajstić information content (AvgIpc) is 2.87. The second-order valence-electron chi connectivity index (χ2n) is 3.51. The van der Waals surface area contributed by atoms with Crippen LogP contribution in [0.1, 0.15) is 18.9 Å². The Labute approximate surface area is 80.7 Å². The number of fused-ring (bicyclic) bond motifs is 1. The van der Waals surface area contributed by atoms with E-state index in [1.54, 1.807) is 0 Å². The number of nitrogens with one attached hydrogen (secondary N) is 1. The lowest BCUT2D eigenvalue weighted by atomic mass is 10.5. The molecule has 0 saturated heterocycles. The first-order chi connectivity index (χ1) is 6.34. The lowest BCUT2D eigenvalue weighted by Gasteiger charge is -2.08. The molecule has 3 rings (SSSR count). The minimum absolute atomic E-state index is 0.306. The minimum Gasteiger partial charge on any atom is -0.357 e. The zero-order valence-electron chi connectivity index (χ0n) is 7.07. The van der Waals surface area contributed by atoms with E-state index in [1.165, 1.54) is 12.8 Å². The van der Waals surface area contributed by atoms with Gasteiger partial charge in [0.05, 0.1) is 0 Å². The van der Waals surface area contributed by atoms with Crippen LogP contribution in [0.2, 0.25) is 0 Å². The maximum atomic E-state index is 5.88. The molecule has 1 N–H and O–H groups in total. The first-order valence-electron chi connectivity index (χ1n) is 4.49. The van der Waals surface area contributed by atoms with Crippen LogP contribution in [-0.4, -0.2) is 10.2 Å². The molecular weight excluding hydrogens is 186 g/mol. The summed E-state index contributed by atoms with van der Waals surface area (Å²) in [5.41, 5.74) is 0.723. The third-order valence-electron chi connectivity index (χ3n) is 2.47. The molecule has 1 unspecified atom stereocenters. The van der Waals surface area contributed by atoms with E-state index in [2.05, 4.69) is 27.1 Å². The van der Waals surface area contributed by atoms with Crippen molar-refractivity contribution in [1.29, 1.82) is 0 Å². The first-order valence-corrected chi connectivity index (χ1v) is 4.93. The summed E-state index contributed by atoms with van der Waals surface area (Å²) in [6.45, 7) is 0. The van der Waals surface area contributed by atoms with Gasteiger partial charge in [-0.2, -0.15) is 0 Å². The third kappa shape index (κ3) is 1.15. The highest BCUT2D eigenvalue weighted by molar-refractivity contribution is 6.20. The SMILES string of the molecule is ClC1N=c2c(ccn2C2CC2)=CN1. The lowest BCUT2D eigenvalue weighted by molar-refractivity contribution is 0.669. The van der Waals surface area contributed by atoms with Gasteiger partial charge in [-0.1, -0.05) is 11.6 Å². The fraction of sp³-hybridized carbons (Fsp3) is 0.444. The van der Waals surface area contributed by atoms with Crippen molar-refractivity contribution >= 4 is 17.8 Å². The minimum atomic E-state index is -0.306. The molecule has 1 aromatic rings. The zero-order valence-corrected chi connectivity index (χ0v) is 7.83. The standard InChI is InChI=1S/C9H10ClN3/c10-9-11-5-6-3-4-13(7-1-2-7)8(6)12-9/h3-5,7,9,11H,1-2H2. The Balaban J connectivity index is 2.24. The summed E-state index contributed by atoms with van der Waals surface area (Å²) in [4.78, 5) is 4.35. The van der Waals surface area contributed by atoms with E-state index in [1.807, 2.05) is 6.20 Å². The fourth-order valence-corrected chi connectivity index (χ4v) is 1.81. The van der Waals surface area contributed by atoms with Crippen molar-refractivity contribution in [1.82, 2.24) is 9.88 Å². The molecule has 1 aliphatic carbocycles. The van der Waals surface area contributed by atoms with Crippen LogP contribution in [0.15, 0.2) is 17.3 Å². The summed E-state index contributed by atoms with van der Waals surface area (Å²) in [6, 6.07) is 2.75. The zero-order chi connectivity index (χ0) is 8.84. The van der Waals surface area contributed by atoms with E-state index in [4.69, 9.17) is 11.6 Å². The van der Waals surface area contributed by atoms with Crippen molar-refractivity contribution in [2.45, 2.75) is 24.5 Å². The number of nitrogens with zero attached hydrogens (tertiary/aromatic N) is 2. The molecule has 1 aromatic heterocycles. The third-order valence-corrected chi connectivity index (χ3v) is 2.69. The van der Waals surface area contributed by atoms with Crippen molar-refractivity contribution in [2.24, 2.45) is 4.99 Å². The van der Waals surface area contributed by atoms with Gasteiger partial charge in [0.15, 0.2) is 5.62 Å². The molecule has 2 heterocycles. The quantitative estimate of drug-likeness (QED) is 0.507. The predicted molar refractivity (Wildman–Crippen MR) is 50.7 cm³/mol. The smallest absolute Gasteiger partial charge is 0.197 e. The van der Waals surface area contributed by atoms with Crippen molar-refractivity contribution in [2.75, 3.05) is 0 Å². The van der Waals surface area contributed by atoms with Crippen LogP contribution in [0.3, 0.4) is 0 Å². The molecule has 0 radical (unpaired) electrons. The molecule has 0 aromatic carbocycles. The average molecular weight is 196 g/mol. The highest BCUT2D eigenvalue weighted by atomic mass is 35.5. The molecule has 1 aliphatic heterocycles. The molecule has 1 atom stereocenters. The highest BCUT2D eigenvalue weighted by Crippen LogP contribution is 2.32. The number of hydrogen-bond acceptors (Lipinski definition) is 2. The molecule has 2 aliphatic rings. The summed E-state index contributed by atoms with van der Waals surface area (Å²) < 4.78 is 2.22. The summed E-state index contributed by atoms with van der Waals surface area (Å²) in [5.74, 6) is 0. The van der Waals surface area contributed by atoms with Crippen LogP contribution in [0.4, 0.5) is 0 Å². The Bertz CT molecular complexity index is 444. The molecule has 1 fully saturated rings. The van der Waals surface area contributed by atoms with Gasteiger partial charge in [0.25, 0.3) is 0 Å². The van der Waals surface area contributed by atoms with Gasteiger partial charge in [0.1, 0.15) is 5.49 Å². The number of hydrogen-bond donors (Lipinski definition) is 1. The first kappa shape index (κ1) is 7.44. The van der Waals surface area contributed by atoms with E-state index in [0.29, 0.717) is 6.04 Å². The van der Waals surface area contributed by atoms with Crippen LogP contribution in [-0.2, 0) is 0 Å². The highest BCUT2D eigenvalue weighted by Gasteiger charge is 2.24. The number of aromatic nitrogens is 1. The van der Waals surface area contributed by atoms with Gasteiger partial charge < -0.3 is 9.88 Å². The van der Waals surface area contributed by atoms with Gasteiger partial charge in [0, 0.05) is 23.7 Å². The van der Waals surface area contributed by atoms with Gasteiger partial charge in [-0.15, -0.1) is 0 Å². The van der Waals surface area contributed by atoms with Crippen molar-refractivity contribution in [3.8, 4) is 0 Å². The molecule has 3 nitrogen and oxygen atoms in total. The van der Waals surface area contributed by atoms with Gasteiger partial charge >= 0.3 is 0 Å². The molecular formula is C9H10ClN3. The van der Waals surface area contributed by atoms with Crippen molar-refractivity contribution in [3.05, 3.63) is 23.0 Å². The maximum absolute atomic E-state index is 5.88. The van der Waals surface area contributed by atoms with Crippen molar-refractivity contribution < 1.29 is 0 Å². The van der Waals surface area contributed by atoms with Crippen molar-refractivity contribution in [3.63, 3.8) is 0 Å². The maximum Gasteiger partial charge on any atom is 0.197 e. The van der Waals surface area contributed by atoms with Crippen LogP contribution in [0, 0.1) is 0 Å². The number of rotatable bonds is 1. The second kappa shape index (κ2) is 2.51. The van der Waals surface area contributed by atoms with Gasteiger partial charge in [-0.05, 0) is 18.9 Å². The number of halogens is 1. The van der Waals surface area contributed by atoms with Crippen LogP contribution < -0.4 is 16.0 Å². The van der Waals surface area contributed by atoms with E-state index < -0.39 is 0 Å².